The van der Waals surface area contributed by atoms with E-state index in [2.05, 4.69) is 0 Å². The van der Waals surface area contributed by atoms with Crippen LogP contribution in [0.1, 0.15) is 19.3 Å². The van der Waals surface area contributed by atoms with Gasteiger partial charge in [-0.05, 0) is 18.3 Å². The van der Waals surface area contributed by atoms with Gasteiger partial charge in [0.1, 0.15) is 0 Å². The number of carboxylic acids is 1. The normalized spacial score (nSPS) is 29.0. The first-order valence-electron chi connectivity index (χ1n) is 3.67. The van der Waals surface area contributed by atoms with Gasteiger partial charge in [0.05, 0.1) is 0 Å². The summed E-state index contributed by atoms with van der Waals surface area (Å²) in [5, 5.41) is 25.4. The van der Waals surface area contributed by atoms with Crippen molar-refractivity contribution in [3.8, 4) is 0 Å². The van der Waals surface area contributed by atoms with Crippen LogP contribution in [0.5, 0.6) is 0 Å². The SMILES string of the molecule is O=C(O)C[C@H]1C[C@@H]1CC(O)O. The molecule has 0 aromatic rings. The van der Waals surface area contributed by atoms with E-state index in [1.54, 1.807) is 0 Å². The second-order valence-corrected chi connectivity index (χ2v) is 3.07. The minimum Gasteiger partial charge on any atom is -0.481 e. The van der Waals surface area contributed by atoms with E-state index < -0.39 is 12.3 Å². The molecule has 1 rings (SSSR count). The summed E-state index contributed by atoms with van der Waals surface area (Å²) in [6, 6.07) is 0. The van der Waals surface area contributed by atoms with Crippen LogP contribution in [-0.4, -0.2) is 27.6 Å². The molecule has 11 heavy (non-hydrogen) atoms. The van der Waals surface area contributed by atoms with Crippen LogP contribution in [0, 0.1) is 11.8 Å². The fraction of sp³-hybridized carbons (Fsp3) is 0.857. The molecule has 0 bridgehead atoms. The van der Waals surface area contributed by atoms with E-state index >= 15 is 0 Å². The summed E-state index contributed by atoms with van der Waals surface area (Å²) in [5.41, 5.74) is 0. The molecule has 0 unspecified atom stereocenters. The number of carboxylic acid groups (broad SMARTS) is 1. The zero-order valence-electron chi connectivity index (χ0n) is 6.10. The summed E-state index contributed by atoms with van der Waals surface area (Å²) in [4.78, 5) is 10.2. The highest BCUT2D eigenvalue weighted by Crippen LogP contribution is 2.44. The molecule has 0 spiro atoms. The molecule has 0 saturated heterocycles. The largest absolute Gasteiger partial charge is 0.481 e. The predicted octanol–water partition coefficient (Wildman–Crippen LogP) is -0.202. The van der Waals surface area contributed by atoms with Crippen molar-refractivity contribution in [1.29, 1.82) is 0 Å². The third-order valence-corrected chi connectivity index (χ3v) is 2.02. The van der Waals surface area contributed by atoms with Crippen LogP contribution in [0.3, 0.4) is 0 Å². The van der Waals surface area contributed by atoms with Crippen LogP contribution in [0.25, 0.3) is 0 Å². The minimum absolute atomic E-state index is 0.164. The Hall–Kier alpha value is -0.610. The molecule has 0 aromatic carbocycles. The van der Waals surface area contributed by atoms with Crippen molar-refractivity contribution in [3.63, 3.8) is 0 Å². The fourth-order valence-electron chi connectivity index (χ4n) is 1.34. The van der Waals surface area contributed by atoms with Crippen LogP contribution >= 0.6 is 0 Å². The number of hydrogen-bond donors (Lipinski definition) is 3. The van der Waals surface area contributed by atoms with Gasteiger partial charge in [0.25, 0.3) is 0 Å². The van der Waals surface area contributed by atoms with Crippen molar-refractivity contribution in [1.82, 2.24) is 0 Å². The van der Waals surface area contributed by atoms with Gasteiger partial charge in [-0.15, -0.1) is 0 Å². The molecule has 2 atom stereocenters. The summed E-state index contributed by atoms with van der Waals surface area (Å²) in [7, 11) is 0. The summed E-state index contributed by atoms with van der Waals surface area (Å²) in [5.74, 6) is -0.412. The third kappa shape index (κ3) is 2.86. The second-order valence-electron chi connectivity index (χ2n) is 3.07. The van der Waals surface area contributed by atoms with Crippen molar-refractivity contribution in [2.75, 3.05) is 0 Å². The molecule has 1 aliphatic carbocycles. The summed E-state index contributed by atoms with van der Waals surface area (Å²) < 4.78 is 0. The lowest BCUT2D eigenvalue weighted by molar-refractivity contribution is -0.137. The lowest BCUT2D eigenvalue weighted by atomic mass is 10.2. The van der Waals surface area contributed by atoms with Crippen molar-refractivity contribution in [2.45, 2.75) is 25.6 Å². The van der Waals surface area contributed by atoms with E-state index in [1.807, 2.05) is 0 Å². The Morgan fingerprint density at radius 1 is 1.45 bits per heavy atom. The topological polar surface area (TPSA) is 77.8 Å². The monoisotopic (exact) mass is 160 g/mol. The summed E-state index contributed by atoms with van der Waals surface area (Å²) in [6.45, 7) is 0. The lowest BCUT2D eigenvalue weighted by Gasteiger charge is -1.99. The van der Waals surface area contributed by atoms with Gasteiger partial charge in [-0.2, -0.15) is 0 Å². The van der Waals surface area contributed by atoms with E-state index in [9.17, 15) is 4.79 Å². The third-order valence-electron chi connectivity index (χ3n) is 2.02. The Morgan fingerprint density at radius 2 is 2.09 bits per heavy atom. The number of aliphatic hydroxyl groups is 2. The molecular weight excluding hydrogens is 148 g/mol. The van der Waals surface area contributed by atoms with Crippen molar-refractivity contribution in [2.24, 2.45) is 11.8 Å². The van der Waals surface area contributed by atoms with E-state index in [0.717, 1.165) is 6.42 Å². The van der Waals surface area contributed by atoms with E-state index in [4.69, 9.17) is 15.3 Å². The fourth-order valence-corrected chi connectivity index (χ4v) is 1.34. The number of aliphatic carboxylic acids is 1. The van der Waals surface area contributed by atoms with Gasteiger partial charge >= 0.3 is 5.97 Å². The molecule has 3 N–H and O–H groups in total. The van der Waals surface area contributed by atoms with Gasteiger partial charge in [0, 0.05) is 12.8 Å². The summed E-state index contributed by atoms with van der Waals surface area (Å²) >= 11 is 0. The van der Waals surface area contributed by atoms with Crippen LogP contribution in [0.15, 0.2) is 0 Å². The van der Waals surface area contributed by atoms with Crippen LogP contribution in [-0.2, 0) is 4.79 Å². The van der Waals surface area contributed by atoms with E-state index in [0.29, 0.717) is 6.42 Å². The average molecular weight is 160 g/mol. The van der Waals surface area contributed by atoms with Gasteiger partial charge in [-0.1, -0.05) is 0 Å². The lowest BCUT2D eigenvalue weighted by Crippen LogP contribution is -2.06. The Bertz CT molecular complexity index is 155. The average Bonchev–Trinajstić information content (AvgIpc) is 2.43. The smallest absolute Gasteiger partial charge is 0.303 e. The zero-order chi connectivity index (χ0) is 8.43. The van der Waals surface area contributed by atoms with Gasteiger partial charge < -0.3 is 15.3 Å². The first kappa shape index (κ1) is 8.49. The highest BCUT2D eigenvalue weighted by atomic mass is 16.5. The number of hydrogen-bond acceptors (Lipinski definition) is 3. The minimum atomic E-state index is -1.28. The van der Waals surface area contributed by atoms with Crippen LogP contribution in [0.2, 0.25) is 0 Å². The van der Waals surface area contributed by atoms with Gasteiger partial charge in [-0.3, -0.25) is 4.79 Å². The molecule has 1 aliphatic rings. The van der Waals surface area contributed by atoms with Gasteiger partial charge in [-0.25, -0.2) is 0 Å². The standard InChI is InChI=1S/C7H12O4/c8-6(9)2-4-1-5(4)3-7(10)11/h4-6,8-9H,1-3H2,(H,10,11)/t4-,5-/m1/s1. The maximum Gasteiger partial charge on any atom is 0.303 e. The molecule has 4 nitrogen and oxygen atoms in total. The molecule has 0 radical (unpaired) electrons. The molecule has 1 fully saturated rings. The first-order valence-corrected chi connectivity index (χ1v) is 3.67. The molecule has 64 valence electrons. The molecule has 0 aromatic heterocycles. The highest BCUT2D eigenvalue weighted by molar-refractivity contribution is 5.67. The Labute approximate surface area is 64.5 Å². The van der Waals surface area contributed by atoms with Crippen molar-refractivity contribution >= 4 is 5.97 Å². The first-order chi connectivity index (χ1) is 5.09. The molecule has 1 saturated carbocycles. The van der Waals surface area contributed by atoms with Crippen molar-refractivity contribution in [3.05, 3.63) is 0 Å². The second kappa shape index (κ2) is 3.19. The van der Waals surface area contributed by atoms with Crippen LogP contribution < -0.4 is 0 Å². The summed E-state index contributed by atoms with van der Waals surface area (Å²) in [6.07, 6.45) is 0.0259. The maximum absolute atomic E-state index is 10.2. The maximum atomic E-state index is 10.2. The molecule has 4 heteroatoms. The molecule has 0 amide bonds. The quantitative estimate of drug-likeness (QED) is 0.497. The molecule has 0 heterocycles. The van der Waals surface area contributed by atoms with E-state index in [1.165, 1.54) is 0 Å². The zero-order valence-corrected chi connectivity index (χ0v) is 6.10. The highest BCUT2D eigenvalue weighted by Gasteiger charge is 2.39. The van der Waals surface area contributed by atoms with E-state index in [-0.39, 0.29) is 18.3 Å². The Morgan fingerprint density at radius 3 is 2.55 bits per heavy atom. The number of rotatable bonds is 4. The van der Waals surface area contributed by atoms with Crippen molar-refractivity contribution < 1.29 is 20.1 Å². The van der Waals surface area contributed by atoms with Crippen LogP contribution in [0.4, 0.5) is 0 Å². The van der Waals surface area contributed by atoms with Gasteiger partial charge in [0.15, 0.2) is 6.29 Å². The Balaban J connectivity index is 2.11. The number of aliphatic hydroxyl groups excluding tert-OH is 1. The molecule has 0 aliphatic heterocycles. The number of carbonyl (C=O) groups is 1. The van der Waals surface area contributed by atoms with Gasteiger partial charge in [0.2, 0.25) is 0 Å². The molecular formula is C7H12O4. The predicted molar refractivity (Wildman–Crippen MR) is 36.7 cm³/mol. The Kier molecular flexibility index (Phi) is 2.46.